The van der Waals surface area contributed by atoms with Crippen molar-refractivity contribution < 1.29 is 13.2 Å². The molecule has 1 aliphatic rings. The molecule has 1 aliphatic carbocycles. The summed E-state index contributed by atoms with van der Waals surface area (Å²) < 4.78 is 38.2. The molecule has 1 aromatic rings. The predicted octanol–water partition coefficient (Wildman–Crippen LogP) is 3.59. The van der Waals surface area contributed by atoms with E-state index in [2.05, 4.69) is 12.2 Å². The maximum atomic E-state index is 12.7. The van der Waals surface area contributed by atoms with Crippen molar-refractivity contribution in [1.29, 1.82) is 0 Å². The summed E-state index contributed by atoms with van der Waals surface area (Å²) in [6.45, 7) is 2.88. The van der Waals surface area contributed by atoms with Gasteiger partial charge in [0.1, 0.15) is 0 Å². The van der Waals surface area contributed by atoms with Crippen LogP contribution in [0.4, 0.5) is 13.2 Å². The molecule has 0 bridgehead atoms. The fraction of sp³-hybridized carbons (Fsp3) is 0.571. The largest absolute Gasteiger partial charge is 0.416 e. The topological polar surface area (TPSA) is 12.0 Å². The smallest absolute Gasteiger partial charge is 0.319 e. The third kappa shape index (κ3) is 2.39. The zero-order valence-corrected chi connectivity index (χ0v) is 10.6. The van der Waals surface area contributed by atoms with Gasteiger partial charge in [-0.2, -0.15) is 13.2 Å². The predicted molar refractivity (Wildman–Crippen MR) is 65.4 cm³/mol. The highest BCUT2D eigenvalue weighted by molar-refractivity contribution is 5.34. The van der Waals surface area contributed by atoms with Gasteiger partial charge in [-0.1, -0.05) is 25.1 Å². The van der Waals surface area contributed by atoms with Crippen LogP contribution < -0.4 is 5.32 Å². The van der Waals surface area contributed by atoms with Crippen molar-refractivity contribution in [2.45, 2.75) is 31.4 Å². The summed E-state index contributed by atoms with van der Waals surface area (Å²) in [7, 11) is 1.85. The van der Waals surface area contributed by atoms with Crippen molar-refractivity contribution in [3.63, 3.8) is 0 Å². The van der Waals surface area contributed by atoms with Gasteiger partial charge in [0.05, 0.1) is 5.56 Å². The average molecular weight is 257 g/mol. The Morgan fingerprint density at radius 1 is 1.33 bits per heavy atom. The van der Waals surface area contributed by atoms with Crippen LogP contribution in [0.5, 0.6) is 0 Å². The highest BCUT2D eigenvalue weighted by atomic mass is 19.4. The fourth-order valence-corrected chi connectivity index (χ4v) is 3.12. The van der Waals surface area contributed by atoms with Crippen LogP contribution in [-0.4, -0.2) is 13.6 Å². The van der Waals surface area contributed by atoms with Crippen LogP contribution in [0.25, 0.3) is 0 Å². The van der Waals surface area contributed by atoms with Gasteiger partial charge in [-0.3, -0.25) is 0 Å². The van der Waals surface area contributed by atoms with Crippen molar-refractivity contribution in [3.8, 4) is 0 Å². The van der Waals surface area contributed by atoms with Crippen LogP contribution in [0.2, 0.25) is 0 Å². The number of benzene rings is 1. The van der Waals surface area contributed by atoms with E-state index in [-0.39, 0.29) is 5.41 Å². The molecule has 0 heterocycles. The summed E-state index contributed by atoms with van der Waals surface area (Å²) in [5.74, 6) is 0.591. The molecule has 1 aromatic carbocycles. The van der Waals surface area contributed by atoms with Gasteiger partial charge in [0.15, 0.2) is 0 Å². The minimum absolute atomic E-state index is 0.116. The number of hydrogen-bond donors (Lipinski definition) is 1. The molecule has 0 unspecified atom stereocenters. The molecule has 0 amide bonds. The van der Waals surface area contributed by atoms with Crippen LogP contribution in [0.3, 0.4) is 0 Å². The summed E-state index contributed by atoms with van der Waals surface area (Å²) in [6, 6.07) is 5.78. The number of hydrogen-bond acceptors (Lipinski definition) is 1. The Kier molecular flexibility index (Phi) is 3.41. The molecular formula is C14H18F3N. The Hall–Kier alpha value is -1.03. The van der Waals surface area contributed by atoms with E-state index in [1.165, 1.54) is 12.1 Å². The van der Waals surface area contributed by atoms with Gasteiger partial charge in [0.25, 0.3) is 0 Å². The molecule has 0 aromatic heterocycles. The zero-order valence-electron chi connectivity index (χ0n) is 10.6. The highest BCUT2D eigenvalue weighted by Gasteiger charge is 2.43. The van der Waals surface area contributed by atoms with E-state index in [1.807, 2.05) is 13.1 Å². The molecule has 1 N–H and O–H groups in total. The quantitative estimate of drug-likeness (QED) is 0.872. The number of halogens is 3. The van der Waals surface area contributed by atoms with E-state index < -0.39 is 11.7 Å². The van der Waals surface area contributed by atoms with E-state index in [9.17, 15) is 13.2 Å². The normalized spacial score (nSPS) is 27.9. The average Bonchev–Trinajstić information content (AvgIpc) is 2.26. The van der Waals surface area contributed by atoms with Crippen LogP contribution in [0.15, 0.2) is 24.3 Å². The molecule has 0 radical (unpaired) electrons. The first kappa shape index (κ1) is 13.4. The van der Waals surface area contributed by atoms with Crippen LogP contribution >= 0.6 is 0 Å². The van der Waals surface area contributed by atoms with Gasteiger partial charge in [0.2, 0.25) is 0 Å². The van der Waals surface area contributed by atoms with Gasteiger partial charge in [0, 0.05) is 12.0 Å². The van der Waals surface area contributed by atoms with E-state index in [0.717, 1.165) is 31.0 Å². The Bertz CT molecular complexity index is 414. The first-order valence-electron chi connectivity index (χ1n) is 6.20. The maximum Gasteiger partial charge on any atom is 0.416 e. The molecule has 4 heteroatoms. The minimum atomic E-state index is -4.26. The van der Waals surface area contributed by atoms with Crippen molar-refractivity contribution in [1.82, 2.24) is 5.32 Å². The molecule has 1 nitrogen and oxygen atoms in total. The molecule has 1 fully saturated rings. The van der Waals surface area contributed by atoms with Gasteiger partial charge in [-0.15, -0.1) is 0 Å². The number of alkyl halides is 3. The number of rotatable bonds is 3. The van der Waals surface area contributed by atoms with E-state index in [1.54, 1.807) is 0 Å². The molecule has 0 spiro atoms. The molecule has 0 atom stereocenters. The third-order valence-electron chi connectivity index (χ3n) is 3.80. The van der Waals surface area contributed by atoms with E-state index >= 15 is 0 Å². The molecule has 1 saturated carbocycles. The Morgan fingerprint density at radius 2 is 2.00 bits per heavy atom. The summed E-state index contributed by atoms with van der Waals surface area (Å²) in [5.41, 5.74) is 0.148. The van der Waals surface area contributed by atoms with Crippen molar-refractivity contribution in [3.05, 3.63) is 35.4 Å². The van der Waals surface area contributed by atoms with Gasteiger partial charge >= 0.3 is 6.18 Å². The second-order valence-electron chi connectivity index (χ2n) is 5.40. The third-order valence-corrected chi connectivity index (χ3v) is 3.80. The Balaban J connectivity index is 2.32. The Labute approximate surface area is 105 Å². The van der Waals surface area contributed by atoms with E-state index in [0.29, 0.717) is 5.92 Å². The van der Waals surface area contributed by atoms with Crippen molar-refractivity contribution in [2.24, 2.45) is 5.92 Å². The summed E-state index contributed by atoms with van der Waals surface area (Å²) >= 11 is 0. The van der Waals surface area contributed by atoms with Crippen LogP contribution in [-0.2, 0) is 11.6 Å². The maximum absolute atomic E-state index is 12.7. The molecule has 0 saturated heterocycles. The van der Waals surface area contributed by atoms with Gasteiger partial charge in [-0.25, -0.2) is 0 Å². The van der Waals surface area contributed by atoms with Crippen molar-refractivity contribution >= 4 is 0 Å². The Morgan fingerprint density at radius 3 is 2.50 bits per heavy atom. The fourth-order valence-electron chi connectivity index (χ4n) is 3.12. The first-order chi connectivity index (χ1) is 8.37. The lowest BCUT2D eigenvalue weighted by Gasteiger charge is -2.47. The standard InChI is InChI=1S/C14H18F3N/c1-10-7-13(8-10,9-18-2)11-4-3-5-12(6-11)14(15,16)17/h3-6,10,18H,7-9H2,1-2H3. The lowest BCUT2D eigenvalue weighted by molar-refractivity contribution is -0.137. The summed E-state index contributed by atoms with van der Waals surface area (Å²) in [5, 5.41) is 3.11. The lowest BCUT2D eigenvalue weighted by atomic mass is 9.59. The number of nitrogens with one attached hydrogen (secondary N) is 1. The molecular weight excluding hydrogens is 239 g/mol. The zero-order chi connectivity index (χ0) is 13.4. The second kappa shape index (κ2) is 4.57. The van der Waals surface area contributed by atoms with Gasteiger partial charge in [-0.05, 0) is 37.4 Å². The summed E-state index contributed by atoms with van der Waals surface area (Å²) in [6.07, 6.45) is -2.35. The summed E-state index contributed by atoms with van der Waals surface area (Å²) in [4.78, 5) is 0. The highest BCUT2D eigenvalue weighted by Crippen LogP contribution is 2.48. The number of likely N-dealkylation sites (N-methyl/N-ethyl adjacent to an activating group) is 1. The van der Waals surface area contributed by atoms with Crippen LogP contribution in [0.1, 0.15) is 30.9 Å². The van der Waals surface area contributed by atoms with Crippen molar-refractivity contribution in [2.75, 3.05) is 13.6 Å². The SMILES string of the molecule is CNCC1(c2cccc(C(F)(F)F)c2)CC(C)C1. The van der Waals surface area contributed by atoms with E-state index in [4.69, 9.17) is 0 Å². The monoisotopic (exact) mass is 257 g/mol. The first-order valence-corrected chi connectivity index (χ1v) is 6.20. The van der Waals surface area contributed by atoms with Gasteiger partial charge < -0.3 is 5.32 Å². The van der Waals surface area contributed by atoms with Crippen LogP contribution in [0, 0.1) is 5.92 Å². The lowest BCUT2D eigenvalue weighted by Crippen LogP contribution is -2.47. The minimum Gasteiger partial charge on any atom is -0.319 e. The molecule has 2 rings (SSSR count). The molecule has 0 aliphatic heterocycles. The second-order valence-corrected chi connectivity index (χ2v) is 5.40. The molecule has 18 heavy (non-hydrogen) atoms. The molecule has 100 valence electrons.